The quantitative estimate of drug-likeness (QED) is 0.927. The van der Waals surface area contributed by atoms with Gasteiger partial charge in [-0.1, -0.05) is 18.5 Å². The van der Waals surface area contributed by atoms with E-state index in [-0.39, 0.29) is 11.7 Å². The molecule has 1 fully saturated rings. The first-order chi connectivity index (χ1) is 9.52. The summed E-state index contributed by atoms with van der Waals surface area (Å²) in [6.45, 7) is 4.47. The number of nitrogens with zero attached hydrogens (tertiary/aromatic N) is 2. The van der Waals surface area contributed by atoms with Crippen molar-refractivity contribution in [1.82, 2.24) is 4.90 Å². The number of rotatable bonds is 3. The normalized spacial score (nSPS) is 17.2. The fraction of sp³-hybridized carbons (Fsp3) is 0.500. The van der Waals surface area contributed by atoms with E-state index in [0.29, 0.717) is 37.6 Å². The van der Waals surface area contributed by atoms with Gasteiger partial charge in [-0.15, -0.1) is 0 Å². The van der Waals surface area contributed by atoms with E-state index < -0.39 is 6.04 Å². The number of carbonyl (C=O) groups excluding carboxylic acids is 1. The molecule has 2 rings (SSSR count). The number of nitrogens with two attached hydrogens (primary N) is 1. The van der Waals surface area contributed by atoms with Crippen molar-refractivity contribution in [2.45, 2.75) is 19.4 Å². The maximum absolute atomic E-state index is 13.0. The predicted molar refractivity (Wildman–Crippen MR) is 78.5 cm³/mol. The summed E-state index contributed by atoms with van der Waals surface area (Å²) < 4.78 is 13.0. The highest BCUT2D eigenvalue weighted by Crippen LogP contribution is 2.27. The topological polar surface area (TPSA) is 49.6 Å². The van der Waals surface area contributed by atoms with Gasteiger partial charge in [0.1, 0.15) is 5.82 Å². The van der Waals surface area contributed by atoms with Crippen LogP contribution in [-0.2, 0) is 4.79 Å². The summed E-state index contributed by atoms with van der Waals surface area (Å²) in [5.74, 6) is -0.348. The zero-order valence-electron chi connectivity index (χ0n) is 11.5. The van der Waals surface area contributed by atoms with Crippen LogP contribution in [0, 0.1) is 5.82 Å². The number of benzene rings is 1. The highest BCUT2D eigenvalue weighted by molar-refractivity contribution is 6.33. The second kappa shape index (κ2) is 6.41. The smallest absolute Gasteiger partial charge is 0.239 e. The fourth-order valence-electron chi connectivity index (χ4n) is 2.31. The number of amides is 1. The molecule has 0 aromatic heterocycles. The summed E-state index contributed by atoms with van der Waals surface area (Å²) in [7, 11) is 0. The molecule has 0 spiro atoms. The zero-order chi connectivity index (χ0) is 14.7. The molecule has 1 aliphatic rings. The molecule has 20 heavy (non-hydrogen) atoms. The number of halogens is 2. The minimum atomic E-state index is -0.420. The van der Waals surface area contributed by atoms with E-state index in [1.165, 1.54) is 12.1 Å². The van der Waals surface area contributed by atoms with Gasteiger partial charge in [-0.25, -0.2) is 4.39 Å². The first-order valence-corrected chi connectivity index (χ1v) is 7.15. The Balaban J connectivity index is 1.99. The third-order valence-corrected chi connectivity index (χ3v) is 3.90. The highest BCUT2D eigenvalue weighted by Gasteiger charge is 2.25. The van der Waals surface area contributed by atoms with Gasteiger partial charge in [0.05, 0.1) is 16.8 Å². The molecule has 1 amide bonds. The average molecular weight is 300 g/mol. The lowest BCUT2D eigenvalue weighted by Crippen LogP contribution is -2.53. The fourth-order valence-corrected chi connectivity index (χ4v) is 2.60. The molecule has 0 saturated carbocycles. The summed E-state index contributed by atoms with van der Waals surface area (Å²) in [6.07, 6.45) is 0.642. The van der Waals surface area contributed by atoms with Crippen LogP contribution < -0.4 is 10.6 Å². The summed E-state index contributed by atoms with van der Waals surface area (Å²) in [5.41, 5.74) is 6.57. The minimum Gasteiger partial charge on any atom is -0.367 e. The van der Waals surface area contributed by atoms with Gasteiger partial charge in [0.25, 0.3) is 0 Å². The third-order valence-electron chi connectivity index (χ3n) is 3.60. The van der Waals surface area contributed by atoms with Crippen molar-refractivity contribution >= 4 is 23.2 Å². The van der Waals surface area contributed by atoms with Crippen LogP contribution in [0.5, 0.6) is 0 Å². The maximum Gasteiger partial charge on any atom is 0.239 e. The van der Waals surface area contributed by atoms with Crippen molar-refractivity contribution in [3.8, 4) is 0 Å². The molecule has 4 nitrogen and oxygen atoms in total. The molecule has 0 radical (unpaired) electrons. The van der Waals surface area contributed by atoms with Gasteiger partial charge in [-0.05, 0) is 24.6 Å². The second-order valence-electron chi connectivity index (χ2n) is 4.92. The molecule has 0 bridgehead atoms. The summed E-state index contributed by atoms with van der Waals surface area (Å²) >= 11 is 6.05. The van der Waals surface area contributed by atoms with E-state index in [2.05, 4.69) is 4.90 Å². The monoisotopic (exact) mass is 299 g/mol. The van der Waals surface area contributed by atoms with Crippen LogP contribution in [0.15, 0.2) is 18.2 Å². The van der Waals surface area contributed by atoms with Crippen molar-refractivity contribution < 1.29 is 9.18 Å². The van der Waals surface area contributed by atoms with Crippen molar-refractivity contribution in [2.75, 3.05) is 31.1 Å². The Morgan fingerprint density at radius 2 is 2.05 bits per heavy atom. The van der Waals surface area contributed by atoms with E-state index in [0.717, 1.165) is 5.69 Å². The molecule has 1 aromatic rings. The standard InChI is InChI=1S/C14H19ClFN3O/c1-2-12(17)14(20)19-7-5-18(6-8-19)13-4-3-10(16)9-11(13)15/h3-4,9,12H,2,5-8,17H2,1H3. The summed E-state index contributed by atoms with van der Waals surface area (Å²) in [5, 5.41) is 0.398. The SMILES string of the molecule is CCC(N)C(=O)N1CCN(c2ccc(F)cc2Cl)CC1. The van der Waals surface area contributed by atoms with E-state index >= 15 is 0 Å². The van der Waals surface area contributed by atoms with Crippen LogP contribution in [0.2, 0.25) is 5.02 Å². The Hall–Kier alpha value is -1.33. The third kappa shape index (κ3) is 3.22. The predicted octanol–water partition coefficient (Wildman–Crippen LogP) is 1.86. The summed E-state index contributed by atoms with van der Waals surface area (Å²) in [6, 6.07) is 3.95. The Labute approximate surface area is 123 Å². The van der Waals surface area contributed by atoms with E-state index in [9.17, 15) is 9.18 Å². The molecule has 110 valence electrons. The average Bonchev–Trinajstić information content (AvgIpc) is 2.46. The lowest BCUT2D eigenvalue weighted by atomic mass is 10.2. The first-order valence-electron chi connectivity index (χ1n) is 6.77. The molecule has 1 atom stereocenters. The largest absolute Gasteiger partial charge is 0.367 e. The van der Waals surface area contributed by atoms with Crippen molar-refractivity contribution in [2.24, 2.45) is 5.73 Å². The van der Waals surface area contributed by atoms with Gasteiger partial charge >= 0.3 is 0 Å². The molecule has 0 aliphatic carbocycles. The molecule has 1 heterocycles. The highest BCUT2D eigenvalue weighted by atomic mass is 35.5. The molecule has 2 N–H and O–H groups in total. The van der Waals surface area contributed by atoms with Crippen LogP contribution in [0.4, 0.5) is 10.1 Å². The number of hydrogen-bond donors (Lipinski definition) is 1. The zero-order valence-corrected chi connectivity index (χ0v) is 12.2. The van der Waals surface area contributed by atoms with Crippen LogP contribution in [-0.4, -0.2) is 43.0 Å². The summed E-state index contributed by atoms with van der Waals surface area (Å²) in [4.78, 5) is 15.8. The van der Waals surface area contributed by atoms with Crippen LogP contribution in [0.1, 0.15) is 13.3 Å². The van der Waals surface area contributed by atoms with Crippen LogP contribution in [0.3, 0.4) is 0 Å². The molecular formula is C14H19ClFN3O. The van der Waals surface area contributed by atoms with Crippen molar-refractivity contribution in [3.05, 3.63) is 29.0 Å². The van der Waals surface area contributed by atoms with Crippen LogP contribution in [0.25, 0.3) is 0 Å². The Bertz CT molecular complexity index is 489. The lowest BCUT2D eigenvalue weighted by molar-refractivity contribution is -0.132. The van der Waals surface area contributed by atoms with Gasteiger partial charge < -0.3 is 15.5 Å². The van der Waals surface area contributed by atoms with E-state index in [4.69, 9.17) is 17.3 Å². The van der Waals surface area contributed by atoms with Crippen molar-refractivity contribution in [3.63, 3.8) is 0 Å². The number of anilines is 1. The minimum absolute atomic E-state index is 0.00245. The maximum atomic E-state index is 13.0. The van der Waals surface area contributed by atoms with Gasteiger partial charge in [0, 0.05) is 26.2 Å². The van der Waals surface area contributed by atoms with Gasteiger partial charge in [0.15, 0.2) is 0 Å². The Kier molecular flexibility index (Phi) is 4.83. The Morgan fingerprint density at radius 1 is 1.40 bits per heavy atom. The second-order valence-corrected chi connectivity index (χ2v) is 5.33. The Morgan fingerprint density at radius 3 is 2.60 bits per heavy atom. The van der Waals surface area contributed by atoms with Crippen molar-refractivity contribution in [1.29, 1.82) is 0 Å². The molecular weight excluding hydrogens is 281 g/mol. The van der Waals surface area contributed by atoms with Gasteiger partial charge in [-0.2, -0.15) is 0 Å². The first kappa shape index (κ1) is 15.1. The van der Waals surface area contributed by atoms with E-state index in [1.807, 2.05) is 6.92 Å². The molecule has 1 aliphatic heterocycles. The number of piperazine rings is 1. The molecule has 1 aromatic carbocycles. The molecule has 1 unspecified atom stereocenters. The number of hydrogen-bond acceptors (Lipinski definition) is 3. The van der Waals surface area contributed by atoms with Gasteiger partial charge in [0.2, 0.25) is 5.91 Å². The number of carbonyl (C=O) groups is 1. The molecule has 6 heteroatoms. The van der Waals surface area contributed by atoms with Gasteiger partial charge in [-0.3, -0.25) is 4.79 Å². The molecule has 1 saturated heterocycles. The van der Waals surface area contributed by atoms with Crippen LogP contribution >= 0.6 is 11.6 Å². The lowest BCUT2D eigenvalue weighted by Gasteiger charge is -2.37. The van der Waals surface area contributed by atoms with E-state index in [1.54, 1.807) is 11.0 Å².